The normalized spacial score (nSPS) is 20.6. The highest BCUT2D eigenvalue weighted by molar-refractivity contribution is 7.13. The summed E-state index contributed by atoms with van der Waals surface area (Å²) in [7, 11) is 0. The van der Waals surface area contributed by atoms with Gasteiger partial charge in [0, 0.05) is 11.9 Å². The molecule has 3 rings (SSSR count). The number of furan rings is 1. The predicted molar refractivity (Wildman–Crippen MR) is 85.9 cm³/mol. The summed E-state index contributed by atoms with van der Waals surface area (Å²) in [4.78, 5) is 16.4. The van der Waals surface area contributed by atoms with E-state index in [2.05, 4.69) is 10.3 Å². The molecule has 3 N–H and O–H groups in total. The average molecular weight is 344 g/mol. The maximum atomic E-state index is 12.0. The van der Waals surface area contributed by atoms with Crippen LogP contribution in [0.4, 0.5) is 0 Å². The second-order valence-corrected chi connectivity index (χ2v) is 5.76. The molecule has 2 aromatic rings. The smallest absolute Gasteiger partial charge is 0.249 e. The lowest BCUT2D eigenvalue weighted by atomic mass is 10.2. The Morgan fingerprint density at radius 2 is 2.36 bits per heavy atom. The molecule has 6 nitrogen and oxygen atoms in total. The van der Waals surface area contributed by atoms with Gasteiger partial charge in [-0.2, -0.15) is 0 Å². The number of nitrogens with one attached hydrogen (secondary N) is 1. The highest BCUT2D eigenvalue weighted by Crippen LogP contribution is 2.24. The number of carbonyl (C=O) groups is 1. The number of rotatable bonds is 5. The van der Waals surface area contributed by atoms with Crippen LogP contribution in [0, 0.1) is 0 Å². The van der Waals surface area contributed by atoms with Gasteiger partial charge >= 0.3 is 0 Å². The van der Waals surface area contributed by atoms with Crippen LogP contribution in [0.5, 0.6) is 0 Å². The van der Waals surface area contributed by atoms with Gasteiger partial charge in [-0.05, 0) is 25.0 Å². The van der Waals surface area contributed by atoms with Crippen molar-refractivity contribution in [1.82, 2.24) is 10.3 Å². The summed E-state index contributed by atoms with van der Waals surface area (Å²) < 4.78 is 10.8. The first kappa shape index (κ1) is 17.0. The van der Waals surface area contributed by atoms with Crippen molar-refractivity contribution in [3.05, 3.63) is 29.5 Å². The number of nitrogens with two attached hydrogens (primary N) is 1. The fraction of sp³-hybridized carbons (Fsp3) is 0.429. The van der Waals surface area contributed by atoms with E-state index >= 15 is 0 Å². The molecule has 0 unspecified atom stereocenters. The number of hydrogen-bond acceptors (Lipinski definition) is 6. The van der Waals surface area contributed by atoms with E-state index in [4.69, 9.17) is 14.9 Å². The van der Waals surface area contributed by atoms with Crippen LogP contribution in [0.3, 0.4) is 0 Å². The van der Waals surface area contributed by atoms with Crippen molar-refractivity contribution < 1.29 is 13.9 Å². The summed E-state index contributed by atoms with van der Waals surface area (Å²) >= 11 is 1.49. The lowest BCUT2D eigenvalue weighted by Crippen LogP contribution is -2.35. The number of carbonyl (C=O) groups excluding carboxylic acids is 1. The van der Waals surface area contributed by atoms with Crippen LogP contribution >= 0.6 is 23.7 Å². The van der Waals surface area contributed by atoms with Gasteiger partial charge in [0.2, 0.25) is 5.91 Å². The fourth-order valence-electron chi connectivity index (χ4n) is 2.27. The maximum Gasteiger partial charge on any atom is 0.249 e. The van der Waals surface area contributed by atoms with Gasteiger partial charge in [0.15, 0.2) is 10.8 Å². The van der Waals surface area contributed by atoms with Crippen molar-refractivity contribution in [3.8, 4) is 10.8 Å². The minimum atomic E-state index is -0.387. The molecule has 0 spiro atoms. The molecule has 0 saturated carbocycles. The predicted octanol–water partition coefficient (Wildman–Crippen LogP) is 1.95. The lowest BCUT2D eigenvalue weighted by Gasteiger charge is -2.11. The summed E-state index contributed by atoms with van der Waals surface area (Å²) in [5.74, 6) is 0.640. The quantitative estimate of drug-likeness (QED) is 0.866. The first-order valence-electron chi connectivity index (χ1n) is 6.88. The molecule has 0 aliphatic carbocycles. The standard InChI is InChI=1S/C14H17N3O3S.ClH/c15-6-10-3-4-11(20-10)13(18)16-7-9-8-21-14(17-9)12-2-1-5-19-12;/h1-2,5,8,10-11H,3-4,6-7,15H2,(H,16,18);1H/t10-,11+;/m1./s1. The Kier molecular flexibility index (Phi) is 5.96. The number of nitrogens with zero attached hydrogens (tertiary/aromatic N) is 1. The van der Waals surface area contributed by atoms with Crippen LogP contribution in [-0.2, 0) is 16.1 Å². The van der Waals surface area contributed by atoms with Gasteiger partial charge in [0.05, 0.1) is 24.6 Å². The van der Waals surface area contributed by atoms with E-state index in [-0.39, 0.29) is 30.5 Å². The largest absolute Gasteiger partial charge is 0.462 e. The van der Waals surface area contributed by atoms with Crippen molar-refractivity contribution >= 4 is 29.7 Å². The summed E-state index contributed by atoms with van der Waals surface area (Å²) in [5.41, 5.74) is 6.35. The number of amides is 1. The third-order valence-corrected chi connectivity index (χ3v) is 4.30. The molecule has 1 aliphatic heterocycles. The molecule has 120 valence electrons. The molecular weight excluding hydrogens is 326 g/mol. The van der Waals surface area contributed by atoms with E-state index in [1.807, 2.05) is 17.5 Å². The fourth-order valence-corrected chi connectivity index (χ4v) is 3.05. The summed E-state index contributed by atoms with van der Waals surface area (Å²) in [6, 6.07) is 3.68. The lowest BCUT2D eigenvalue weighted by molar-refractivity contribution is -0.132. The second-order valence-electron chi connectivity index (χ2n) is 4.90. The Balaban J connectivity index is 0.00000176. The van der Waals surface area contributed by atoms with Crippen molar-refractivity contribution in [1.29, 1.82) is 0 Å². The molecule has 2 aromatic heterocycles. The number of hydrogen-bond donors (Lipinski definition) is 2. The monoisotopic (exact) mass is 343 g/mol. The van der Waals surface area contributed by atoms with Gasteiger partial charge in [-0.3, -0.25) is 4.79 Å². The van der Waals surface area contributed by atoms with Gasteiger partial charge in [0.1, 0.15) is 6.10 Å². The van der Waals surface area contributed by atoms with Crippen LogP contribution in [0.25, 0.3) is 10.8 Å². The molecule has 22 heavy (non-hydrogen) atoms. The molecule has 1 amide bonds. The molecule has 8 heteroatoms. The molecule has 1 aliphatic rings. The zero-order chi connectivity index (χ0) is 14.7. The van der Waals surface area contributed by atoms with Crippen molar-refractivity contribution in [3.63, 3.8) is 0 Å². The zero-order valence-corrected chi connectivity index (χ0v) is 13.5. The topological polar surface area (TPSA) is 90.4 Å². The Bertz CT molecular complexity index is 602. The molecule has 1 saturated heterocycles. The highest BCUT2D eigenvalue weighted by Gasteiger charge is 2.29. The van der Waals surface area contributed by atoms with E-state index < -0.39 is 0 Å². The van der Waals surface area contributed by atoms with Gasteiger partial charge < -0.3 is 20.2 Å². The third-order valence-electron chi connectivity index (χ3n) is 3.39. The summed E-state index contributed by atoms with van der Waals surface area (Å²) in [6.07, 6.45) is 2.80. The van der Waals surface area contributed by atoms with Gasteiger partial charge in [-0.25, -0.2) is 4.98 Å². The summed E-state index contributed by atoms with van der Waals surface area (Å²) in [5, 5.41) is 5.58. The SMILES string of the molecule is Cl.NC[C@H]1CC[C@@H](C(=O)NCc2csc(-c3ccco3)n2)O1. The summed E-state index contributed by atoms with van der Waals surface area (Å²) in [6.45, 7) is 0.853. The van der Waals surface area contributed by atoms with Gasteiger partial charge in [-0.1, -0.05) is 0 Å². The van der Waals surface area contributed by atoms with Crippen molar-refractivity contribution in [2.75, 3.05) is 6.54 Å². The first-order chi connectivity index (χ1) is 10.3. The van der Waals surface area contributed by atoms with Crippen LogP contribution in [0.15, 0.2) is 28.2 Å². The Morgan fingerprint density at radius 1 is 1.50 bits per heavy atom. The number of aromatic nitrogens is 1. The molecule has 0 radical (unpaired) electrons. The Morgan fingerprint density at radius 3 is 3.05 bits per heavy atom. The number of thiazole rings is 1. The molecule has 3 heterocycles. The zero-order valence-electron chi connectivity index (χ0n) is 11.9. The van der Waals surface area contributed by atoms with E-state index in [1.165, 1.54) is 11.3 Å². The van der Waals surface area contributed by atoms with Crippen LogP contribution in [0.2, 0.25) is 0 Å². The van der Waals surface area contributed by atoms with E-state index in [0.717, 1.165) is 29.3 Å². The van der Waals surface area contributed by atoms with E-state index in [1.54, 1.807) is 6.26 Å². The third kappa shape index (κ3) is 3.86. The molecule has 0 bridgehead atoms. The van der Waals surface area contributed by atoms with Crippen LogP contribution in [-0.4, -0.2) is 29.6 Å². The highest BCUT2D eigenvalue weighted by atomic mass is 35.5. The molecule has 1 fully saturated rings. The first-order valence-corrected chi connectivity index (χ1v) is 7.75. The molecule has 0 aromatic carbocycles. The van der Waals surface area contributed by atoms with Crippen molar-refractivity contribution in [2.45, 2.75) is 31.6 Å². The maximum absolute atomic E-state index is 12.0. The van der Waals surface area contributed by atoms with E-state index in [9.17, 15) is 4.79 Å². The minimum absolute atomic E-state index is 0. The van der Waals surface area contributed by atoms with Crippen LogP contribution < -0.4 is 11.1 Å². The van der Waals surface area contributed by atoms with Gasteiger partial charge in [-0.15, -0.1) is 23.7 Å². The second kappa shape index (κ2) is 7.73. The number of ether oxygens (including phenoxy) is 1. The molecule has 2 atom stereocenters. The molecular formula is C14H18ClN3O3S. The van der Waals surface area contributed by atoms with E-state index in [0.29, 0.717) is 13.1 Å². The van der Waals surface area contributed by atoms with Crippen molar-refractivity contribution in [2.24, 2.45) is 5.73 Å². The van der Waals surface area contributed by atoms with Gasteiger partial charge in [0.25, 0.3) is 0 Å². The van der Waals surface area contributed by atoms with Crippen LogP contribution in [0.1, 0.15) is 18.5 Å². The Hall–Kier alpha value is -1.41. The average Bonchev–Trinajstić information content (AvgIpc) is 3.24. The minimum Gasteiger partial charge on any atom is -0.462 e. The number of halogens is 1. The Labute approximate surface area is 138 Å².